The summed E-state index contributed by atoms with van der Waals surface area (Å²) in [5, 5.41) is 10.6. The molecule has 1 aliphatic carbocycles. The summed E-state index contributed by atoms with van der Waals surface area (Å²) < 4.78 is 4.72. The lowest BCUT2D eigenvalue weighted by atomic mass is 9.67. The molecule has 1 heterocycles. The maximum absolute atomic E-state index is 7.34. The van der Waals surface area contributed by atoms with Crippen LogP contribution in [0.25, 0.3) is 38.6 Å². The summed E-state index contributed by atoms with van der Waals surface area (Å²) in [7, 11) is -1.75. The minimum absolute atomic E-state index is 0.179. The number of fused-ring (bicyclic) bond motifs is 6. The van der Waals surface area contributed by atoms with Gasteiger partial charge in [-0.05, 0) is 80.4 Å². The first-order valence-corrected chi connectivity index (χ1v) is 26.8. The highest BCUT2D eigenvalue weighted by Crippen LogP contribution is 2.57. The minimum atomic E-state index is -1.75. The van der Waals surface area contributed by atoms with Crippen LogP contribution in [0.15, 0.2) is 261 Å². The Hall–Kier alpha value is -7.17. The number of aromatic nitrogens is 1. The molecule has 11 aromatic rings. The summed E-state index contributed by atoms with van der Waals surface area (Å²) >= 11 is 2.44. The number of nitrogens with zero attached hydrogens (tertiary/aromatic N) is 2. The van der Waals surface area contributed by atoms with Gasteiger partial charge in [0, 0.05) is 45.9 Å². The molecule has 70 heavy (non-hydrogen) atoms. The molecule has 0 amide bonds. The number of hydrogen-bond acceptors (Lipinski definition) is 3. The van der Waals surface area contributed by atoms with Crippen LogP contribution in [0.1, 0.15) is 51.3 Å². The summed E-state index contributed by atoms with van der Waals surface area (Å²) in [6, 6.07) is 95.6. The smallest absolute Gasteiger partial charge is 0.132 e. The van der Waals surface area contributed by atoms with E-state index in [1.807, 2.05) is 0 Å². The van der Waals surface area contributed by atoms with Crippen molar-refractivity contribution in [2.75, 3.05) is 0 Å². The number of benzene rings is 10. The highest BCUT2D eigenvalue weighted by Gasteiger charge is 2.46. The molecule has 12 rings (SSSR count). The molecule has 0 radical (unpaired) electrons. The molecule has 0 saturated heterocycles. The highest BCUT2D eigenvalue weighted by molar-refractivity contribution is 14.1. The molecule has 0 saturated carbocycles. The zero-order valence-electron chi connectivity index (χ0n) is 38.6. The molecule has 0 bridgehead atoms. The molecular weight excluding hydrogens is 980 g/mol. The van der Waals surface area contributed by atoms with Gasteiger partial charge in [0.1, 0.15) is 8.80 Å². The van der Waals surface area contributed by atoms with Gasteiger partial charge in [-0.2, -0.15) is 0 Å². The van der Waals surface area contributed by atoms with Gasteiger partial charge in [-0.15, -0.1) is 0 Å². The van der Waals surface area contributed by atoms with E-state index in [1.54, 1.807) is 0 Å². The van der Waals surface area contributed by atoms with Crippen LogP contribution in [-0.4, -0.2) is 16.5 Å². The average Bonchev–Trinajstić information content (AvgIpc) is 3.91. The van der Waals surface area contributed by atoms with E-state index < -0.39 is 14.2 Å². The lowest BCUT2D eigenvalue weighted by molar-refractivity contribution is 0.266. The van der Waals surface area contributed by atoms with Crippen molar-refractivity contribution in [3.8, 4) is 16.8 Å². The van der Waals surface area contributed by atoms with Gasteiger partial charge in [0.25, 0.3) is 0 Å². The molecule has 0 spiro atoms. The van der Waals surface area contributed by atoms with E-state index in [1.165, 1.54) is 76.3 Å². The fourth-order valence-corrected chi connectivity index (χ4v) is 15.1. The zero-order valence-corrected chi connectivity index (χ0v) is 41.9. The summed E-state index contributed by atoms with van der Waals surface area (Å²) in [6.07, 6.45) is -0.558. The fraction of sp³-hybridized carbons (Fsp3) is 0.0625. The van der Waals surface area contributed by atoms with Crippen LogP contribution in [0.5, 0.6) is 0 Å². The van der Waals surface area contributed by atoms with Crippen LogP contribution in [0.4, 0.5) is 0 Å². The Morgan fingerprint density at radius 2 is 1.03 bits per heavy atom. The van der Waals surface area contributed by atoms with Crippen molar-refractivity contribution in [2.45, 2.75) is 24.3 Å². The molecule has 0 aliphatic heterocycles. The van der Waals surface area contributed by atoms with E-state index in [-0.39, 0.29) is 12.3 Å². The Balaban J connectivity index is 0.916. The van der Waals surface area contributed by atoms with E-state index in [0.717, 1.165) is 16.8 Å². The standard InChI is InChI=1S/C64H51IN4Si/c65-69(62(66)47-25-21-35-53(41-47)70(51-31-12-4-13-32-51)52-33-14-5-15-34-52)63(46-23-6-1-7-24-46)67-44-45-22-20-30-50(40-45)68-60-39-19-17-37-55(60)57-42-56-54-36-16-18-38-58(54)64(59(56)43-61(57)68,48-26-8-2-9-27-48)49-28-10-3-11-29-49/h1-43,62-63,67,70H,44,66H2. The lowest BCUT2D eigenvalue weighted by Gasteiger charge is -2.34. The van der Waals surface area contributed by atoms with Crippen molar-refractivity contribution < 1.29 is 0 Å². The molecule has 10 aromatic carbocycles. The van der Waals surface area contributed by atoms with Crippen molar-refractivity contribution >= 4 is 69.0 Å². The second kappa shape index (κ2) is 19.0. The Morgan fingerprint density at radius 1 is 0.471 bits per heavy atom. The molecule has 2 atom stereocenters. The summed E-state index contributed by atoms with van der Waals surface area (Å²) in [4.78, 5) is 0. The van der Waals surface area contributed by atoms with Gasteiger partial charge in [0.15, 0.2) is 0 Å². The third kappa shape index (κ3) is 7.73. The maximum Gasteiger partial charge on any atom is 0.132 e. The quantitative estimate of drug-likeness (QED) is 0.0398. The van der Waals surface area contributed by atoms with Crippen LogP contribution < -0.4 is 26.6 Å². The van der Waals surface area contributed by atoms with Gasteiger partial charge in [0.05, 0.1) is 28.8 Å². The zero-order chi connectivity index (χ0) is 47.0. The third-order valence-electron chi connectivity index (χ3n) is 14.4. The van der Waals surface area contributed by atoms with Crippen LogP contribution in [0.2, 0.25) is 0 Å². The van der Waals surface area contributed by atoms with Gasteiger partial charge >= 0.3 is 0 Å². The van der Waals surface area contributed by atoms with E-state index in [9.17, 15) is 0 Å². The van der Waals surface area contributed by atoms with E-state index >= 15 is 0 Å². The number of halogens is 1. The van der Waals surface area contributed by atoms with Crippen molar-refractivity contribution in [3.05, 3.63) is 300 Å². The number of nitrogens with one attached hydrogen (secondary N) is 1. The van der Waals surface area contributed by atoms with Crippen molar-refractivity contribution in [2.24, 2.45) is 5.73 Å². The largest absolute Gasteiger partial charge is 0.311 e. The highest BCUT2D eigenvalue weighted by atomic mass is 127. The summed E-state index contributed by atoms with van der Waals surface area (Å²) in [6.45, 7) is 0.629. The predicted octanol–water partition coefficient (Wildman–Crippen LogP) is 12.5. The second-order valence-electron chi connectivity index (χ2n) is 18.4. The molecule has 4 nitrogen and oxygen atoms in total. The summed E-state index contributed by atoms with van der Waals surface area (Å²) in [5.74, 6) is 0. The van der Waals surface area contributed by atoms with Gasteiger partial charge in [-0.25, -0.2) is 3.11 Å². The Bertz CT molecular complexity index is 3520. The normalized spacial score (nSPS) is 13.7. The lowest BCUT2D eigenvalue weighted by Crippen LogP contribution is -2.52. The molecular formula is C64H51IN4Si. The molecule has 1 aliphatic rings. The molecule has 6 heteroatoms. The average molecular weight is 1030 g/mol. The third-order valence-corrected chi connectivity index (χ3v) is 18.7. The van der Waals surface area contributed by atoms with E-state index in [0.29, 0.717) is 6.54 Å². The molecule has 3 N–H and O–H groups in total. The monoisotopic (exact) mass is 1030 g/mol. The number of rotatable bonds is 13. The maximum atomic E-state index is 7.34. The van der Waals surface area contributed by atoms with Gasteiger partial charge < -0.3 is 10.3 Å². The summed E-state index contributed by atoms with van der Waals surface area (Å²) in [5.41, 5.74) is 21.5. The van der Waals surface area contributed by atoms with E-state index in [4.69, 9.17) is 5.73 Å². The van der Waals surface area contributed by atoms with Gasteiger partial charge in [-0.3, -0.25) is 5.32 Å². The van der Waals surface area contributed by atoms with Crippen LogP contribution >= 0.6 is 22.9 Å². The Labute approximate surface area is 425 Å². The van der Waals surface area contributed by atoms with Crippen molar-refractivity contribution in [1.29, 1.82) is 0 Å². The minimum Gasteiger partial charge on any atom is -0.311 e. The molecule has 338 valence electrons. The first-order valence-electron chi connectivity index (χ1n) is 24.1. The molecule has 2 unspecified atom stereocenters. The molecule has 1 aromatic heterocycles. The molecule has 0 fully saturated rings. The topological polar surface area (TPSA) is 46.2 Å². The number of hydrogen-bond donors (Lipinski definition) is 2. The number of para-hydroxylation sites is 1. The Morgan fingerprint density at radius 3 is 1.71 bits per heavy atom. The SMILES string of the molecule is NC(c1cccc([SiH](c2ccccc2)c2ccccc2)c1)N(I)C(NCc1cccc(-n2c3ccccc3c3cc4c(cc32)C(c2ccccc2)(c2ccccc2)c2ccccc2-4)c1)c1ccccc1. The van der Waals surface area contributed by atoms with Gasteiger partial charge in [-0.1, -0.05) is 246 Å². The van der Waals surface area contributed by atoms with Crippen LogP contribution in [-0.2, 0) is 12.0 Å². The van der Waals surface area contributed by atoms with Gasteiger partial charge in [0.2, 0.25) is 0 Å². The van der Waals surface area contributed by atoms with Crippen molar-refractivity contribution in [3.63, 3.8) is 0 Å². The Kier molecular flexibility index (Phi) is 11.9. The predicted molar refractivity (Wildman–Crippen MR) is 302 cm³/mol. The number of nitrogens with two attached hydrogens (primary N) is 1. The van der Waals surface area contributed by atoms with Crippen LogP contribution in [0, 0.1) is 0 Å². The fourth-order valence-electron chi connectivity index (χ4n) is 11.3. The second-order valence-corrected chi connectivity index (χ2v) is 22.4. The first-order chi connectivity index (χ1) is 34.6. The first kappa shape index (κ1) is 44.1. The van der Waals surface area contributed by atoms with Crippen LogP contribution in [0.3, 0.4) is 0 Å². The van der Waals surface area contributed by atoms with Crippen molar-refractivity contribution in [1.82, 2.24) is 13.0 Å². The van der Waals surface area contributed by atoms with E-state index in [2.05, 4.69) is 297 Å².